The molecule has 0 saturated carbocycles. The number of para-hydroxylation sites is 1. The number of nitrogens with one attached hydrogen (secondary N) is 1. The van der Waals surface area contributed by atoms with Crippen LogP contribution >= 0.6 is 0 Å². The van der Waals surface area contributed by atoms with E-state index in [0.717, 1.165) is 55.1 Å². The molecule has 1 aromatic heterocycles. The Kier molecular flexibility index (Phi) is 6.09. The van der Waals surface area contributed by atoms with Crippen molar-refractivity contribution in [3.05, 3.63) is 60.2 Å². The number of rotatable bonds is 7. The molecule has 0 amide bonds. The lowest BCUT2D eigenvalue weighted by Crippen LogP contribution is -2.25. The van der Waals surface area contributed by atoms with Gasteiger partial charge in [-0.05, 0) is 55.5 Å². The Morgan fingerprint density at radius 1 is 0.750 bits per heavy atom. The molecule has 5 rings (SSSR count). The molecule has 3 heterocycles. The molecular formula is C24H27N7O. The Morgan fingerprint density at radius 2 is 1.38 bits per heavy atom. The van der Waals surface area contributed by atoms with E-state index in [1.165, 1.54) is 25.7 Å². The van der Waals surface area contributed by atoms with E-state index in [1.54, 1.807) is 6.21 Å². The van der Waals surface area contributed by atoms with Crippen molar-refractivity contribution in [2.75, 3.05) is 41.4 Å². The van der Waals surface area contributed by atoms with Crippen molar-refractivity contribution in [3.63, 3.8) is 0 Å². The van der Waals surface area contributed by atoms with Crippen LogP contribution in [0.2, 0.25) is 0 Å². The molecule has 32 heavy (non-hydrogen) atoms. The lowest BCUT2D eigenvalue weighted by atomic mass is 10.2. The maximum Gasteiger partial charge on any atom is 0.250 e. The molecule has 2 saturated heterocycles. The highest BCUT2D eigenvalue weighted by Gasteiger charge is 2.21. The van der Waals surface area contributed by atoms with Crippen LogP contribution in [0.1, 0.15) is 31.2 Å². The van der Waals surface area contributed by atoms with Gasteiger partial charge in [0.1, 0.15) is 11.5 Å². The van der Waals surface area contributed by atoms with Gasteiger partial charge in [-0.25, -0.2) is 5.43 Å². The summed E-state index contributed by atoms with van der Waals surface area (Å²) in [5, 5.41) is 4.38. The summed E-state index contributed by atoms with van der Waals surface area (Å²) in [4.78, 5) is 18.4. The van der Waals surface area contributed by atoms with E-state index in [4.69, 9.17) is 9.72 Å². The van der Waals surface area contributed by atoms with Gasteiger partial charge in [-0.15, -0.1) is 0 Å². The molecular weight excluding hydrogens is 402 g/mol. The Morgan fingerprint density at radius 3 is 2.03 bits per heavy atom. The molecule has 2 aromatic carbocycles. The largest absolute Gasteiger partial charge is 0.457 e. The number of hydrogen-bond donors (Lipinski definition) is 1. The summed E-state index contributed by atoms with van der Waals surface area (Å²) in [7, 11) is 0. The van der Waals surface area contributed by atoms with Gasteiger partial charge in [0.15, 0.2) is 0 Å². The molecule has 0 unspecified atom stereocenters. The lowest BCUT2D eigenvalue weighted by molar-refractivity contribution is 0.482. The second-order valence-electron chi connectivity index (χ2n) is 8.00. The van der Waals surface area contributed by atoms with Crippen LogP contribution in [0.15, 0.2) is 59.7 Å². The van der Waals surface area contributed by atoms with Crippen molar-refractivity contribution in [2.45, 2.75) is 25.7 Å². The summed E-state index contributed by atoms with van der Waals surface area (Å²) in [6.07, 6.45) is 6.44. The Bertz CT molecular complexity index is 1030. The topological polar surface area (TPSA) is 78.8 Å². The summed E-state index contributed by atoms with van der Waals surface area (Å²) in [5.74, 6) is 3.49. The molecule has 0 spiro atoms. The molecule has 3 aromatic rings. The number of hydrazone groups is 1. The number of anilines is 3. The molecule has 0 aliphatic carbocycles. The van der Waals surface area contributed by atoms with Crippen LogP contribution < -0.4 is 20.0 Å². The molecule has 2 aliphatic heterocycles. The Labute approximate surface area is 188 Å². The first-order chi connectivity index (χ1) is 15.8. The van der Waals surface area contributed by atoms with Gasteiger partial charge >= 0.3 is 0 Å². The molecule has 0 bridgehead atoms. The van der Waals surface area contributed by atoms with Gasteiger partial charge < -0.3 is 14.5 Å². The number of hydrogen-bond acceptors (Lipinski definition) is 8. The minimum Gasteiger partial charge on any atom is -0.457 e. The second-order valence-corrected chi connectivity index (χ2v) is 8.00. The standard InChI is InChI=1S/C24H27N7O/c1-2-10-20(11-3-1)32-21-12-8-9-19(17-21)18-25-29-22-26-23(30-13-4-5-14-30)28-24(27-22)31-15-6-7-16-31/h1-3,8-12,17-18H,4-7,13-16H2,(H,26,27,28,29)/b25-18-. The van der Waals surface area contributed by atoms with E-state index < -0.39 is 0 Å². The summed E-state index contributed by atoms with van der Waals surface area (Å²) < 4.78 is 5.90. The highest BCUT2D eigenvalue weighted by molar-refractivity contribution is 5.80. The third-order valence-corrected chi connectivity index (χ3v) is 5.60. The first kappa shape index (κ1) is 20.2. The highest BCUT2D eigenvalue weighted by Crippen LogP contribution is 2.23. The lowest BCUT2D eigenvalue weighted by Gasteiger charge is -2.20. The molecule has 0 atom stereocenters. The normalized spacial score (nSPS) is 16.1. The maximum absolute atomic E-state index is 5.90. The van der Waals surface area contributed by atoms with E-state index in [0.29, 0.717) is 5.95 Å². The Balaban J connectivity index is 1.31. The average molecular weight is 430 g/mol. The number of ether oxygens (including phenoxy) is 1. The predicted octanol–water partition coefficient (Wildman–Crippen LogP) is 4.31. The Hall–Kier alpha value is -3.68. The van der Waals surface area contributed by atoms with Gasteiger partial charge in [-0.3, -0.25) is 0 Å². The third kappa shape index (κ3) is 4.96. The molecule has 164 valence electrons. The molecule has 8 nitrogen and oxygen atoms in total. The molecule has 1 N–H and O–H groups in total. The molecule has 8 heteroatoms. The van der Waals surface area contributed by atoms with Crippen LogP contribution in [0.4, 0.5) is 17.8 Å². The van der Waals surface area contributed by atoms with Crippen molar-refractivity contribution in [1.29, 1.82) is 0 Å². The minimum absolute atomic E-state index is 0.469. The highest BCUT2D eigenvalue weighted by atomic mass is 16.5. The van der Waals surface area contributed by atoms with Gasteiger partial charge in [0, 0.05) is 26.2 Å². The SMILES string of the molecule is C(=N/Nc1nc(N2CCCC2)nc(N2CCCC2)n1)/c1cccc(Oc2ccccc2)c1. The van der Waals surface area contributed by atoms with E-state index >= 15 is 0 Å². The predicted molar refractivity (Wildman–Crippen MR) is 127 cm³/mol. The van der Waals surface area contributed by atoms with Gasteiger partial charge in [0.05, 0.1) is 6.21 Å². The number of aromatic nitrogens is 3. The summed E-state index contributed by atoms with van der Waals surface area (Å²) in [6, 6.07) is 17.5. The van der Waals surface area contributed by atoms with Crippen molar-refractivity contribution in [3.8, 4) is 11.5 Å². The summed E-state index contributed by atoms with van der Waals surface area (Å²) >= 11 is 0. The van der Waals surface area contributed by atoms with Gasteiger partial charge in [-0.1, -0.05) is 30.3 Å². The first-order valence-corrected chi connectivity index (χ1v) is 11.2. The van der Waals surface area contributed by atoms with Crippen molar-refractivity contribution in [1.82, 2.24) is 15.0 Å². The van der Waals surface area contributed by atoms with Crippen molar-refractivity contribution in [2.24, 2.45) is 5.10 Å². The van der Waals surface area contributed by atoms with Crippen molar-refractivity contribution < 1.29 is 4.74 Å². The zero-order valence-electron chi connectivity index (χ0n) is 18.0. The van der Waals surface area contributed by atoms with Crippen LogP contribution in [0.5, 0.6) is 11.5 Å². The smallest absolute Gasteiger partial charge is 0.250 e. The fraction of sp³-hybridized carbons (Fsp3) is 0.333. The van der Waals surface area contributed by atoms with Crippen LogP contribution in [0.25, 0.3) is 0 Å². The first-order valence-electron chi connectivity index (χ1n) is 11.2. The second kappa shape index (κ2) is 9.64. The van der Waals surface area contributed by atoms with Crippen molar-refractivity contribution >= 4 is 24.1 Å². The van der Waals surface area contributed by atoms with E-state index in [2.05, 4.69) is 30.3 Å². The molecule has 2 aliphatic rings. The molecule has 0 radical (unpaired) electrons. The summed E-state index contributed by atoms with van der Waals surface area (Å²) in [6.45, 7) is 3.95. The van der Waals surface area contributed by atoms with Crippen LogP contribution in [0.3, 0.4) is 0 Å². The summed E-state index contributed by atoms with van der Waals surface area (Å²) in [5.41, 5.74) is 3.92. The van der Waals surface area contributed by atoms with Crippen LogP contribution in [-0.4, -0.2) is 47.3 Å². The fourth-order valence-electron chi connectivity index (χ4n) is 3.97. The van der Waals surface area contributed by atoms with Gasteiger partial charge in [0.25, 0.3) is 0 Å². The van der Waals surface area contributed by atoms with E-state index in [1.807, 2.05) is 54.6 Å². The zero-order valence-corrected chi connectivity index (χ0v) is 18.0. The quantitative estimate of drug-likeness (QED) is 0.443. The van der Waals surface area contributed by atoms with E-state index in [9.17, 15) is 0 Å². The van der Waals surface area contributed by atoms with Gasteiger partial charge in [-0.2, -0.15) is 20.1 Å². The molecule has 2 fully saturated rings. The van der Waals surface area contributed by atoms with Gasteiger partial charge in [0.2, 0.25) is 17.8 Å². The van der Waals surface area contributed by atoms with Crippen LogP contribution in [-0.2, 0) is 0 Å². The third-order valence-electron chi connectivity index (χ3n) is 5.60. The fourth-order valence-corrected chi connectivity index (χ4v) is 3.97. The number of nitrogens with zero attached hydrogens (tertiary/aromatic N) is 6. The van der Waals surface area contributed by atoms with Crippen LogP contribution in [0, 0.1) is 0 Å². The minimum atomic E-state index is 0.469. The maximum atomic E-state index is 5.90. The van der Waals surface area contributed by atoms with E-state index in [-0.39, 0.29) is 0 Å². The average Bonchev–Trinajstić information content (AvgIpc) is 3.55. The number of benzene rings is 2. The zero-order chi connectivity index (χ0) is 21.6. The monoisotopic (exact) mass is 429 g/mol.